The third kappa shape index (κ3) is 3.21. The summed E-state index contributed by atoms with van der Waals surface area (Å²) in [5.74, 6) is 0. The minimum absolute atomic E-state index is 0.130. The molecule has 3 aromatic rings. The van der Waals surface area contributed by atoms with Crippen molar-refractivity contribution in [1.29, 1.82) is 0 Å². The monoisotopic (exact) mass is 352 g/mol. The van der Waals surface area contributed by atoms with Gasteiger partial charge in [0.15, 0.2) is 5.11 Å². The molecule has 1 N–H and O–H groups in total. The Labute approximate surface area is 152 Å². The first-order valence-corrected chi connectivity index (χ1v) is 8.35. The molecule has 0 aliphatic carbocycles. The Morgan fingerprint density at radius 2 is 1.60 bits per heavy atom. The van der Waals surface area contributed by atoms with Crippen molar-refractivity contribution in [1.82, 2.24) is 9.36 Å². The van der Waals surface area contributed by atoms with Gasteiger partial charge < -0.3 is 10.2 Å². The highest BCUT2D eigenvalue weighted by Crippen LogP contribution is 2.16. The molecule has 0 atom stereocenters. The number of thiocarbonyl (C=S) groups is 1. The number of benzene rings is 2. The van der Waals surface area contributed by atoms with Crippen LogP contribution in [0.25, 0.3) is 5.69 Å². The zero-order valence-corrected chi connectivity index (χ0v) is 15.2. The van der Waals surface area contributed by atoms with E-state index in [1.165, 1.54) is 0 Å². The summed E-state index contributed by atoms with van der Waals surface area (Å²) in [7, 11) is 3.73. The van der Waals surface area contributed by atoms with E-state index in [0.29, 0.717) is 10.8 Å². The molecule has 128 valence electrons. The van der Waals surface area contributed by atoms with Crippen LogP contribution in [0.2, 0.25) is 0 Å². The lowest BCUT2D eigenvalue weighted by Gasteiger charge is -2.20. The Bertz CT molecular complexity index is 945. The van der Waals surface area contributed by atoms with Crippen LogP contribution < -0.4 is 15.8 Å². The molecule has 0 amide bonds. The molecule has 0 fully saturated rings. The molecule has 25 heavy (non-hydrogen) atoms. The second kappa shape index (κ2) is 6.94. The van der Waals surface area contributed by atoms with Gasteiger partial charge in [-0.2, -0.15) is 0 Å². The minimum Gasteiger partial charge on any atom is -0.326 e. The summed E-state index contributed by atoms with van der Waals surface area (Å²) in [6.07, 6.45) is 0. The molecule has 3 rings (SSSR count). The van der Waals surface area contributed by atoms with E-state index in [4.69, 9.17) is 12.2 Å². The molecule has 0 bridgehead atoms. The van der Waals surface area contributed by atoms with Crippen LogP contribution in [0.3, 0.4) is 0 Å². The fourth-order valence-corrected chi connectivity index (χ4v) is 2.88. The van der Waals surface area contributed by atoms with E-state index in [9.17, 15) is 4.79 Å². The molecule has 0 unspecified atom stereocenters. The van der Waals surface area contributed by atoms with Gasteiger partial charge in [-0.3, -0.25) is 9.48 Å². The number of nitrogens with zero attached hydrogens (tertiary/aromatic N) is 3. The minimum atomic E-state index is -0.130. The maximum Gasteiger partial charge on any atom is 0.295 e. The highest BCUT2D eigenvalue weighted by molar-refractivity contribution is 7.80. The van der Waals surface area contributed by atoms with Gasteiger partial charge in [-0.15, -0.1) is 0 Å². The molecule has 0 aliphatic heterocycles. The van der Waals surface area contributed by atoms with E-state index in [2.05, 4.69) is 5.32 Å². The zero-order chi connectivity index (χ0) is 18.0. The van der Waals surface area contributed by atoms with Crippen molar-refractivity contribution in [3.8, 4) is 5.69 Å². The van der Waals surface area contributed by atoms with Gasteiger partial charge in [0.25, 0.3) is 5.56 Å². The van der Waals surface area contributed by atoms with Crippen molar-refractivity contribution >= 4 is 28.7 Å². The normalized spacial score (nSPS) is 10.5. The van der Waals surface area contributed by atoms with Crippen molar-refractivity contribution in [2.24, 2.45) is 7.05 Å². The van der Waals surface area contributed by atoms with E-state index >= 15 is 0 Å². The average Bonchev–Trinajstić information content (AvgIpc) is 2.86. The Morgan fingerprint density at radius 1 is 1.04 bits per heavy atom. The fraction of sp³-hybridized carbons (Fsp3) is 0.158. The third-order valence-corrected chi connectivity index (χ3v) is 4.61. The summed E-state index contributed by atoms with van der Waals surface area (Å²) < 4.78 is 3.45. The summed E-state index contributed by atoms with van der Waals surface area (Å²) >= 11 is 5.49. The van der Waals surface area contributed by atoms with Gasteiger partial charge in [-0.25, -0.2) is 4.68 Å². The summed E-state index contributed by atoms with van der Waals surface area (Å²) in [6, 6.07) is 19.3. The van der Waals surface area contributed by atoms with Gasteiger partial charge in [0.2, 0.25) is 0 Å². The smallest absolute Gasteiger partial charge is 0.295 e. The number of aromatic nitrogens is 2. The molecule has 6 heteroatoms. The lowest BCUT2D eigenvalue weighted by atomic mass is 10.3. The molecular weight excluding hydrogens is 332 g/mol. The molecule has 0 spiro atoms. The highest BCUT2D eigenvalue weighted by atomic mass is 32.1. The first kappa shape index (κ1) is 17.0. The summed E-state index contributed by atoms with van der Waals surface area (Å²) in [6.45, 7) is 1.90. The standard InChI is InChI=1S/C19H20N4OS/c1-14-17(20-19(25)21(2)15-10-6-4-7-11-15)18(24)23(22(14)3)16-12-8-5-9-13-16/h4-13H,1-3H3,(H,20,25). The zero-order valence-electron chi connectivity index (χ0n) is 14.4. The number of hydrogen-bond donors (Lipinski definition) is 1. The maximum absolute atomic E-state index is 12.9. The second-order valence-electron chi connectivity index (χ2n) is 5.76. The van der Waals surface area contributed by atoms with Crippen molar-refractivity contribution in [3.05, 3.63) is 76.7 Å². The number of para-hydroxylation sites is 2. The van der Waals surface area contributed by atoms with Crippen molar-refractivity contribution in [2.75, 3.05) is 17.3 Å². The lowest BCUT2D eigenvalue weighted by Crippen LogP contribution is -2.33. The highest BCUT2D eigenvalue weighted by Gasteiger charge is 2.18. The van der Waals surface area contributed by atoms with Gasteiger partial charge in [-0.05, 0) is 43.4 Å². The largest absolute Gasteiger partial charge is 0.326 e. The van der Waals surface area contributed by atoms with Crippen LogP contribution in [0.1, 0.15) is 5.69 Å². The molecule has 1 aromatic heterocycles. The van der Waals surface area contributed by atoms with Crippen LogP contribution in [0, 0.1) is 6.92 Å². The van der Waals surface area contributed by atoms with Gasteiger partial charge >= 0.3 is 0 Å². The Kier molecular flexibility index (Phi) is 4.72. The fourth-order valence-electron chi connectivity index (χ4n) is 2.67. The van der Waals surface area contributed by atoms with Crippen LogP contribution in [-0.4, -0.2) is 21.5 Å². The van der Waals surface area contributed by atoms with Crippen LogP contribution in [0.15, 0.2) is 65.5 Å². The topological polar surface area (TPSA) is 42.2 Å². The summed E-state index contributed by atoms with van der Waals surface area (Å²) in [5, 5.41) is 3.58. The SMILES string of the molecule is Cc1c(NC(=S)N(C)c2ccccc2)c(=O)n(-c2ccccc2)n1C. The van der Waals surface area contributed by atoms with Gasteiger partial charge in [-0.1, -0.05) is 36.4 Å². The quantitative estimate of drug-likeness (QED) is 0.735. The van der Waals surface area contributed by atoms with E-state index in [-0.39, 0.29) is 5.56 Å². The summed E-state index contributed by atoms with van der Waals surface area (Å²) in [4.78, 5) is 14.7. The first-order chi connectivity index (χ1) is 12.0. The third-order valence-electron chi connectivity index (χ3n) is 4.23. The molecule has 0 saturated carbocycles. The number of hydrogen-bond acceptors (Lipinski definition) is 2. The van der Waals surface area contributed by atoms with Crippen LogP contribution in [-0.2, 0) is 7.05 Å². The Balaban J connectivity index is 1.94. The van der Waals surface area contributed by atoms with E-state index in [0.717, 1.165) is 17.1 Å². The van der Waals surface area contributed by atoms with Crippen LogP contribution in [0.4, 0.5) is 11.4 Å². The second-order valence-corrected chi connectivity index (χ2v) is 6.15. The predicted octanol–water partition coefficient (Wildman–Crippen LogP) is 3.32. The predicted molar refractivity (Wildman–Crippen MR) is 107 cm³/mol. The van der Waals surface area contributed by atoms with Crippen LogP contribution in [0.5, 0.6) is 0 Å². The average molecular weight is 352 g/mol. The van der Waals surface area contributed by atoms with Gasteiger partial charge in [0, 0.05) is 19.8 Å². The molecule has 0 saturated heterocycles. The lowest BCUT2D eigenvalue weighted by molar-refractivity contribution is 0.630. The van der Waals surface area contributed by atoms with Crippen molar-refractivity contribution in [2.45, 2.75) is 6.92 Å². The van der Waals surface area contributed by atoms with Crippen LogP contribution >= 0.6 is 12.2 Å². The van der Waals surface area contributed by atoms with Crippen molar-refractivity contribution in [3.63, 3.8) is 0 Å². The summed E-state index contributed by atoms with van der Waals surface area (Å²) in [5.41, 5.74) is 2.94. The number of anilines is 2. The maximum atomic E-state index is 12.9. The number of rotatable bonds is 3. The first-order valence-electron chi connectivity index (χ1n) is 7.94. The Hall–Kier alpha value is -2.86. The van der Waals surface area contributed by atoms with E-state index in [1.807, 2.05) is 91.3 Å². The van der Waals surface area contributed by atoms with Gasteiger partial charge in [0.1, 0.15) is 5.69 Å². The molecular formula is C19H20N4OS. The molecule has 0 aliphatic rings. The molecule has 2 aromatic carbocycles. The van der Waals surface area contributed by atoms with Crippen molar-refractivity contribution < 1.29 is 0 Å². The van der Waals surface area contributed by atoms with E-state index in [1.54, 1.807) is 4.68 Å². The number of nitrogens with one attached hydrogen (secondary N) is 1. The van der Waals surface area contributed by atoms with E-state index < -0.39 is 0 Å². The van der Waals surface area contributed by atoms with Gasteiger partial charge in [0.05, 0.1) is 11.4 Å². The Morgan fingerprint density at radius 3 is 2.20 bits per heavy atom. The molecule has 5 nitrogen and oxygen atoms in total. The molecule has 1 heterocycles. The molecule has 0 radical (unpaired) electrons.